The second-order valence-electron chi connectivity index (χ2n) is 6.33. The van der Waals surface area contributed by atoms with Crippen molar-refractivity contribution in [1.29, 1.82) is 0 Å². The molecule has 1 aliphatic rings. The first-order valence-corrected chi connectivity index (χ1v) is 11.1. The highest BCUT2D eigenvalue weighted by Crippen LogP contribution is 2.40. The molecular weight excluding hydrogens is 536 g/mol. The van der Waals surface area contributed by atoms with Crippen LogP contribution in [0.3, 0.4) is 0 Å². The first-order chi connectivity index (χ1) is 14.3. The zero-order chi connectivity index (χ0) is 21.4. The Balaban J connectivity index is 1.92. The molecule has 30 heavy (non-hydrogen) atoms. The fourth-order valence-corrected chi connectivity index (χ4v) is 4.42. The summed E-state index contributed by atoms with van der Waals surface area (Å²) >= 11 is 7.77. The maximum Gasteiger partial charge on any atom is 0.348 e. The van der Waals surface area contributed by atoms with E-state index in [2.05, 4.69) is 31.9 Å². The van der Waals surface area contributed by atoms with Crippen LogP contribution in [-0.4, -0.2) is 22.0 Å². The lowest BCUT2D eigenvalue weighted by atomic mass is 9.96. The summed E-state index contributed by atoms with van der Waals surface area (Å²) in [6.45, 7) is 0. The highest BCUT2D eigenvalue weighted by atomic mass is 79.9. The predicted octanol–water partition coefficient (Wildman–Crippen LogP) is 5.92. The Bertz CT molecular complexity index is 1240. The van der Waals surface area contributed by atoms with E-state index in [4.69, 9.17) is 4.74 Å². The van der Waals surface area contributed by atoms with E-state index in [1.807, 2.05) is 0 Å². The second-order valence-corrected chi connectivity index (χ2v) is 8.99. The van der Waals surface area contributed by atoms with E-state index in [0.29, 0.717) is 30.5 Å². The molecule has 1 aromatic heterocycles. The van der Waals surface area contributed by atoms with Crippen molar-refractivity contribution in [2.45, 2.75) is 0 Å². The SMILES string of the molecule is O=C1O/C(=C\c2ccc(O)c(Br)c2)C(c2ccc(O)c(Br)c2)=C1C(=O)c1cccs1. The van der Waals surface area contributed by atoms with E-state index >= 15 is 0 Å². The maximum atomic E-state index is 13.1. The van der Waals surface area contributed by atoms with E-state index in [1.165, 1.54) is 23.5 Å². The first-order valence-electron chi connectivity index (χ1n) is 8.59. The van der Waals surface area contributed by atoms with Crippen LogP contribution in [0.15, 0.2) is 74.2 Å². The van der Waals surface area contributed by atoms with Gasteiger partial charge < -0.3 is 14.9 Å². The Morgan fingerprint density at radius 1 is 1.00 bits per heavy atom. The molecule has 0 aliphatic carbocycles. The van der Waals surface area contributed by atoms with Crippen LogP contribution in [0, 0.1) is 0 Å². The molecule has 0 fully saturated rings. The number of hydrogen-bond acceptors (Lipinski definition) is 6. The lowest BCUT2D eigenvalue weighted by Crippen LogP contribution is -2.10. The van der Waals surface area contributed by atoms with Crippen molar-refractivity contribution in [3.05, 3.63) is 90.2 Å². The normalized spacial score (nSPS) is 15.0. The minimum atomic E-state index is -0.739. The number of phenolic OH excluding ortho intramolecular Hbond substituents is 2. The number of aromatic hydroxyl groups is 2. The van der Waals surface area contributed by atoms with Crippen LogP contribution >= 0.6 is 43.2 Å². The monoisotopic (exact) mass is 546 g/mol. The molecule has 5 nitrogen and oxygen atoms in total. The van der Waals surface area contributed by atoms with Crippen molar-refractivity contribution in [1.82, 2.24) is 0 Å². The molecule has 0 spiro atoms. The summed E-state index contributed by atoms with van der Waals surface area (Å²) in [7, 11) is 0. The molecule has 0 atom stereocenters. The van der Waals surface area contributed by atoms with Crippen molar-refractivity contribution < 1.29 is 24.5 Å². The van der Waals surface area contributed by atoms with Gasteiger partial charge in [-0.05, 0) is 84.8 Å². The van der Waals surface area contributed by atoms with E-state index in [0.717, 1.165) is 0 Å². The number of phenols is 2. The first kappa shape index (κ1) is 20.6. The standard InChI is InChI=1S/C22H12Br2O5S/c23-13-8-11(3-5-15(13)25)9-17-19(12-4-6-16(26)14(24)10-12)20(22(28)29-17)21(27)18-2-1-7-30-18/h1-10,25-26H/b17-9-. The quantitative estimate of drug-likeness (QED) is 0.241. The van der Waals surface area contributed by atoms with Crippen LogP contribution in [0.2, 0.25) is 0 Å². The van der Waals surface area contributed by atoms with Gasteiger partial charge in [-0.25, -0.2) is 4.79 Å². The topological polar surface area (TPSA) is 83.8 Å². The summed E-state index contributed by atoms with van der Waals surface area (Å²) < 4.78 is 6.38. The van der Waals surface area contributed by atoms with Gasteiger partial charge in [0.2, 0.25) is 5.78 Å². The molecule has 0 unspecified atom stereocenters. The molecule has 2 aromatic carbocycles. The third-order valence-corrected chi connectivity index (χ3v) is 6.52. The molecule has 3 aromatic rings. The van der Waals surface area contributed by atoms with Gasteiger partial charge in [-0.1, -0.05) is 18.2 Å². The van der Waals surface area contributed by atoms with Gasteiger partial charge in [0.05, 0.1) is 13.8 Å². The highest BCUT2D eigenvalue weighted by molar-refractivity contribution is 9.10. The Kier molecular flexibility index (Phi) is 5.64. The van der Waals surface area contributed by atoms with Crippen LogP contribution < -0.4 is 0 Å². The molecule has 0 amide bonds. The van der Waals surface area contributed by atoms with Gasteiger partial charge >= 0.3 is 5.97 Å². The number of allylic oxidation sites excluding steroid dienone is 1. The number of ketones is 1. The molecule has 1 aliphatic heterocycles. The van der Waals surface area contributed by atoms with E-state index < -0.39 is 11.8 Å². The molecule has 2 heterocycles. The van der Waals surface area contributed by atoms with Gasteiger partial charge in [-0.2, -0.15) is 0 Å². The third kappa shape index (κ3) is 3.86. The fourth-order valence-electron chi connectivity index (χ4n) is 2.98. The second kappa shape index (κ2) is 8.22. The Morgan fingerprint density at radius 3 is 2.33 bits per heavy atom. The van der Waals surface area contributed by atoms with E-state index in [1.54, 1.807) is 47.9 Å². The number of rotatable bonds is 4. The number of hydrogen-bond donors (Lipinski definition) is 2. The minimum absolute atomic E-state index is 0.0312. The number of esters is 1. The summed E-state index contributed by atoms with van der Waals surface area (Å²) in [5.74, 6) is -0.854. The van der Waals surface area contributed by atoms with Crippen molar-refractivity contribution in [3.8, 4) is 11.5 Å². The van der Waals surface area contributed by atoms with Crippen molar-refractivity contribution in [2.24, 2.45) is 0 Å². The summed E-state index contributed by atoms with van der Waals surface area (Å²) in [6.07, 6.45) is 1.62. The van der Waals surface area contributed by atoms with Gasteiger partial charge in [-0.15, -0.1) is 11.3 Å². The van der Waals surface area contributed by atoms with E-state index in [-0.39, 0.29) is 22.8 Å². The van der Waals surface area contributed by atoms with Crippen LogP contribution in [0.1, 0.15) is 20.8 Å². The summed E-state index contributed by atoms with van der Waals surface area (Å²) in [4.78, 5) is 26.2. The van der Waals surface area contributed by atoms with Gasteiger partial charge in [0, 0.05) is 5.57 Å². The van der Waals surface area contributed by atoms with Crippen molar-refractivity contribution in [2.75, 3.05) is 0 Å². The van der Waals surface area contributed by atoms with Crippen LogP contribution in [0.5, 0.6) is 11.5 Å². The molecule has 0 saturated carbocycles. The predicted molar refractivity (Wildman–Crippen MR) is 121 cm³/mol. The molecule has 0 radical (unpaired) electrons. The number of carbonyl (C=O) groups excluding carboxylic acids is 2. The zero-order valence-electron chi connectivity index (χ0n) is 15.1. The van der Waals surface area contributed by atoms with Gasteiger partial charge in [0.25, 0.3) is 0 Å². The summed E-state index contributed by atoms with van der Waals surface area (Å²) in [5.41, 5.74) is 1.46. The number of Topliss-reactive ketones (excluding diaryl/α,β-unsaturated/α-hetero) is 1. The van der Waals surface area contributed by atoms with Crippen LogP contribution in [0.25, 0.3) is 11.6 Å². The number of carbonyl (C=O) groups is 2. The van der Waals surface area contributed by atoms with Gasteiger partial charge in [0.1, 0.15) is 22.8 Å². The average Bonchev–Trinajstić information content (AvgIpc) is 3.35. The molecule has 8 heteroatoms. The molecule has 0 saturated heterocycles. The highest BCUT2D eigenvalue weighted by Gasteiger charge is 2.36. The minimum Gasteiger partial charge on any atom is -0.507 e. The lowest BCUT2D eigenvalue weighted by molar-refractivity contribution is -0.132. The Morgan fingerprint density at radius 2 is 1.70 bits per heavy atom. The molecule has 2 N–H and O–H groups in total. The van der Waals surface area contributed by atoms with Crippen molar-refractivity contribution >= 4 is 66.6 Å². The van der Waals surface area contributed by atoms with Gasteiger partial charge in [0.15, 0.2) is 0 Å². The zero-order valence-corrected chi connectivity index (χ0v) is 19.0. The Hall–Kier alpha value is -2.68. The lowest BCUT2D eigenvalue weighted by Gasteiger charge is -2.08. The van der Waals surface area contributed by atoms with Crippen LogP contribution in [0.4, 0.5) is 0 Å². The molecule has 4 rings (SSSR count). The molecule has 0 bridgehead atoms. The largest absolute Gasteiger partial charge is 0.507 e. The maximum absolute atomic E-state index is 13.1. The molecular formula is C22H12Br2O5S. The summed E-state index contributed by atoms with van der Waals surface area (Å²) in [5, 5.41) is 21.3. The fraction of sp³-hybridized carbons (Fsp3) is 0. The third-order valence-electron chi connectivity index (χ3n) is 4.38. The van der Waals surface area contributed by atoms with Crippen molar-refractivity contribution in [3.63, 3.8) is 0 Å². The number of cyclic esters (lactones) is 1. The number of thiophene rings is 1. The van der Waals surface area contributed by atoms with Gasteiger partial charge in [-0.3, -0.25) is 4.79 Å². The number of ether oxygens (including phenoxy) is 1. The number of benzene rings is 2. The number of halogens is 2. The summed E-state index contributed by atoms with van der Waals surface area (Å²) in [6, 6.07) is 12.9. The smallest absolute Gasteiger partial charge is 0.348 e. The van der Waals surface area contributed by atoms with Crippen LogP contribution in [-0.2, 0) is 9.53 Å². The Labute approximate surface area is 192 Å². The molecule has 150 valence electrons. The van der Waals surface area contributed by atoms with E-state index in [9.17, 15) is 19.8 Å². The average molecular weight is 548 g/mol.